The van der Waals surface area contributed by atoms with Gasteiger partial charge < -0.3 is 0 Å². The molecule has 0 saturated carbocycles. The predicted molar refractivity (Wildman–Crippen MR) is 75.8 cm³/mol. The van der Waals surface area contributed by atoms with Crippen LogP contribution < -0.4 is 0 Å². The average molecular weight is 255 g/mol. The number of nitrogens with zero attached hydrogens (tertiary/aromatic N) is 1. The summed E-state index contributed by atoms with van der Waals surface area (Å²) in [6, 6.07) is 18.8. The first kappa shape index (κ1) is 13.3. The van der Waals surface area contributed by atoms with Crippen LogP contribution in [0.3, 0.4) is 0 Å². The van der Waals surface area contributed by atoms with Gasteiger partial charge in [0.1, 0.15) is 0 Å². The third kappa shape index (κ3) is 2.99. The van der Waals surface area contributed by atoms with Crippen LogP contribution >= 0.6 is 0 Å². The van der Waals surface area contributed by atoms with Crippen molar-refractivity contribution in [3.63, 3.8) is 0 Å². The Labute approximate surface area is 113 Å². The second kappa shape index (κ2) is 6.14. The maximum atomic E-state index is 11.3. The summed E-state index contributed by atoms with van der Waals surface area (Å²) in [7, 11) is 0. The second-order valence-electron chi connectivity index (χ2n) is 4.56. The molecule has 0 aliphatic heterocycles. The van der Waals surface area contributed by atoms with Crippen LogP contribution in [0.4, 0.5) is 0 Å². The summed E-state index contributed by atoms with van der Waals surface area (Å²) in [5.41, 5.74) is 1.99. The SMILES string of the molecule is CCC(C(c1ccccc1)c1ccccc1)[N+](=O)[O-]. The topological polar surface area (TPSA) is 43.1 Å². The van der Waals surface area contributed by atoms with Crippen molar-refractivity contribution < 1.29 is 4.92 Å². The lowest BCUT2D eigenvalue weighted by Gasteiger charge is -2.21. The number of benzene rings is 2. The van der Waals surface area contributed by atoms with Gasteiger partial charge in [0.05, 0.1) is 5.92 Å². The largest absolute Gasteiger partial charge is 0.264 e. The number of hydrogen-bond donors (Lipinski definition) is 0. The highest BCUT2D eigenvalue weighted by atomic mass is 16.6. The van der Waals surface area contributed by atoms with E-state index >= 15 is 0 Å². The standard InChI is InChI=1S/C16H17NO2/c1-2-15(17(18)19)16(13-9-5-3-6-10-13)14-11-7-4-8-12-14/h3-12,15-16H,2H2,1H3. The van der Waals surface area contributed by atoms with E-state index in [-0.39, 0.29) is 10.8 Å². The first-order valence-electron chi connectivity index (χ1n) is 6.47. The zero-order chi connectivity index (χ0) is 13.7. The Morgan fingerprint density at radius 3 is 1.68 bits per heavy atom. The number of hydrogen-bond acceptors (Lipinski definition) is 2. The number of rotatable bonds is 5. The molecule has 2 aromatic carbocycles. The summed E-state index contributed by atoms with van der Waals surface area (Å²) in [5.74, 6) is -0.192. The minimum absolute atomic E-state index is 0.162. The molecule has 2 rings (SSSR count). The molecule has 0 heterocycles. The molecule has 0 aromatic heterocycles. The number of nitro groups is 1. The van der Waals surface area contributed by atoms with Gasteiger partial charge in [-0.3, -0.25) is 10.1 Å². The van der Waals surface area contributed by atoms with Crippen LogP contribution in [0.5, 0.6) is 0 Å². The van der Waals surface area contributed by atoms with E-state index in [2.05, 4.69) is 0 Å². The van der Waals surface area contributed by atoms with Gasteiger partial charge in [-0.15, -0.1) is 0 Å². The molecule has 0 aliphatic rings. The smallest absolute Gasteiger partial charge is 0.223 e. The van der Waals surface area contributed by atoms with Crippen LogP contribution in [-0.4, -0.2) is 11.0 Å². The molecule has 19 heavy (non-hydrogen) atoms. The van der Waals surface area contributed by atoms with Crippen molar-refractivity contribution in [1.82, 2.24) is 0 Å². The lowest BCUT2D eigenvalue weighted by molar-refractivity contribution is -0.525. The monoisotopic (exact) mass is 255 g/mol. The highest BCUT2D eigenvalue weighted by Gasteiger charge is 2.32. The van der Waals surface area contributed by atoms with Gasteiger partial charge in [0, 0.05) is 11.3 Å². The molecule has 0 bridgehead atoms. The molecular formula is C16H17NO2. The normalized spacial score (nSPS) is 12.3. The quantitative estimate of drug-likeness (QED) is 0.601. The molecular weight excluding hydrogens is 238 g/mol. The highest BCUT2D eigenvalue weighted by molar-refractivity contribution is 5.33. The minimum atomic E-state index is -0.593. The third-order valence-electron chi connectivity index (χ3n) is 3.39. The molecule has 1 atom stereocenters. The molecule has 0 fully saturated rings. The average Bonchev–Trinajstić information content (AvgIpc) is 2.46. The van der Waals surface area contributed by atoms with Crippen molar-refractivity contribution in [2.24, 2.45) is 0 Å². The first-order valence-corrected chi connectivity index (χ1v) is 6.47. The summed E-state index contributed by atoms with van der Waals surface area (Å²) < 4.78 is 0. The van der Waals surface area contributed by atoms with E-state index in [1.807, 2.05) is 67.6 Å². The van der Waals surface area contributed by atoms with Crippen molar-refractivity contribution in [3.05, 3.63) is 81.9 Å². The fraction of sp³-hybridized carbons (Fsp3) is 0.250. The first-order chi connectivity index (χ1) is 9.24. The van der Waals surface area contributed by atoms with Crippen LogP contribution in [0.2, 0.25) is 0 Å². The van der Waals surface area contributed by atoms with E-state index in [1.54, 1.807) is 0 Å². The van der Waals surface area contributed by atoms with Crippen LogP contribution in [-0.2, 0) is 0 Å². The Bertz CT molecular complexity index is 485. The summed E-state index contributed by atoms with van der Waals surface area (Å²) in [5, 5.41) is 11.3. The molecule has 98 valence electrons. The Kier molecular flexibility index (Phi) is 4.29. The summed E-state index contributed by atoms with van der Waals surface area (Å²) in [6.07, 6.45) is 0.515. The molecule has 2 aromatic rings. The Hall–Kier alpha value is -2.16. The Balaban J connectivity index is 2.48. The second-order valence-corrected chi connectivity index (χ2v) is 4.56. The highest BCUT2D eigenvalue weighted by Crippen LogP contribution is 2.30. The zero-order valence-corrected chi connectivity index (χ0v) is 10.9. The summed E-state index contributed by atoms with van der Waals surface area (Å²) in [4.78, 5) is 11.2. The van der Waals surface area contributed by atoms with Gasteiger partial charge in [0.2, 0.25) is 6.04 Å². The predicted octanol–water partition coefficient (Wildman–Crippen LogP) is 3.87. The molecule has 0 radical (unpaired) electrons. The van der Waals surface area contributed by atoms with E-state index < -0.39 is 6.04 Å². The lowest BCUT2D eigenvalue weighted by atomic mass is 9.84. The van der Waals surface area contributed by atoms with Crippen molar-refractivity contribution >= 4 is 0 Å². The summed E-state index contributed by atoms with van der Waals surface area (Å²) >= 11 is 0. The van der Waals surface area contributed by atoms with Crippen LogP contribution in [0.1, 0.15) is 30.4 Å². The van der Waals surface area contributed by atoms with Crippen LogP contribution in [0.25, 0.3) is 0 Å². The van der Waals surface area contributed by atoms with Crippen molar-refractivity contribution in [3.8, 4) is 0 Å². The van der Waals surface area contributed by atoms with E-state index in [9.17, 15) is 10.1 Å². The molecule has 0 spiro atoms. The third-order valence-corrected chi connectivity index (χ3v) is 3.39. The van der Waals surface area contributed by atoms with Gasteiger partial charge in [0.15, 0.2) is 0 Å². The maximum absolute atomic E-state index is 11.3. The lowest BCUT2D eigenvalue weighted by Crippen LogP contribution is -2.27. The van der Waals surface area contributed by atoms with E-state index in [0.29, 0.717) is 6.42 Å². The molecule has 3 nitrogen and oxygen atoms in total. The fourth-order valence-corrected chi connectivity index (χ4v) is 2.46. The summed E-state index contributed by atoms with van der Waals surface area (Å²) in [6.45, 7) is 1.87. The molecule has 0 aliphatic carbocycles. The van der Waals surface area contributed by atoms with Crippen LogP contribution in [0, 0.1) is 10.1 Å². The van der Waals surface area contributed by atoms with Gasteiger partial charge in [-0.25, -0.2) is 0 Å². The van der Waals surface area contributed by atoms with E-state index in [1.165, 1.54) is 0 Å². The van der Waals surface area contributed by atoms with Crippen molar-refractivity contribution in [2.75, 3.05) is 0 Å². The molecule has 3 heteroatoms. The van der Waals surface area contributed by atoms with Crippen LogP contribution in [0.15, 0.2) is 60.7 Å². The molecule has 0 amide bonds. The molecule has 1 unspecified atom stereocenters. The maximum Gasteiger partial charge on any atom is 0.223 e. The van der Waals surface area contributed by atoms with Gasteiger partial charge in [-0.05, 0) is 11.1 Å². The molecule has 0 saturated heterocycles. The fourth-order valence-electron chi connectivity index (χ4n) is 2.46. The zero-order valence-electron chi connectivity index (χ0n) is 10.9. The van der Waals surface area contributed by atoms with E-state index in [0.717, 1.165) is 11.1 Å². The van der Waals surface area contributed by atoms with E-state index in [4.69, 9.17) is 0 Å². The Morgan fingerprint density at radius 2 is 1.37 bits per heavy atom. The minimum Gasteiger partial charge on any atom is -0.264 e. The van der Waals surface area contributed by atoms with Gasteiger partial charge in [-0.2, -0.15) is 0 Å². The molecule has 0 N–H and O–H groups in total. The van der Waals surface area contributed by atoms with Gasteiger partial charge in [0.25, 0.3) is 0 Å². The van der Waals surface area contributed by atoms with Gasteiger partial charge in [-0.1, -0.05) is 67.6 Å². The van der Waals surface area contributed by atoms with Gasteiger partial charge >= 0.3 is 0 Å². The Morgan fingerprint density at radius 1 is 0.947 bits per heavy atom. The van der Waals surface area contributed by atoms with Crippen molar-refractivity contribution in [2.45, 2.75) is 25.3 Å². The van der Waals surface area contributed by atoms with Crippen molar-refractivity contribution in [1.29, 1.82) is 0 Å².